The number of aromatic amines is 1. The average molecular weight is 547 g/mol. The molecule has 2 aliphatic rings. The topological polar surface area (TPSA) is 131 Å². The van der Waals surface area contributed by atoms with Crippen molar-refractivity contribution in [1.82, 2.24) is 34.4 Å². The minimum atomic E-state index is -0.578. The van der Waals surface area contributed by atoms with Crippen LogP contribution in [0.2, 0.25) is 0 Å². The average Bonchev–Trinajstić information content (AvgIpc) is 3.61. The summed E-state index contributed by atoms with van der Waals surface area (Å²) < 4.78 is 8.47. The van der Waals surface area contributed by atoms with Crippen molar-refractivity contribution in [3.8, 4) is 0 Å². The molecule has 1 aliphatic carbocycles. The van der Waals surface area contributed by atoms with Crippen molar-refractivity contribution >= 4 is 28.0 Å². The maximum absolute atomic E-state index is 11.0. The molecule has 4 N–H and O–H groups in total. The van der Waals surface area contributed by atoms with Gasteiger partial charge < -0.3 is 20.6 Å². The van der Waals surface area contributed by atoms with E-state index in [1.54, 1.807) is 6.33 Å². The van der Waals surface area contributed by atoms with E-state index in [-0.39, 0.29) is 17.7 Å². The molecule has 10 nitrogen and oxygen atoms in total. The molecule has 40 heavy (non-hydrogen) atoms. The minimum Gasteiger partial charge on any atom is -0.385 e. The first kappa shape index (κ1) is 27.1. The van der Waals surface area contributed by atoms with Gasteiger partial charge in [-0.1, -0.05) is 26.8 Å². The van der Waals surface area contributed by atoms with Crippen LogP contribution in [0, 0.1) is 5.92 Å². The number of hydrogen-bond acceptors (Lipinski definition) is 8. The summed E-state index contributed by atoms with van der Waals surface area (Å²) in [4.78, 5) is 23.5. The van der Waals surface area contributed by atoms with Crippen molar-refractivity contribution in [1.29, 1.82) is 0 Å². The highest BCUT2D eigenvalue weighted by molar-refractivity contribution is 5.81. The Hall–Kier alpha value is -3.08. The number of aliphatic hydroxyl groups excluding tert-OH is 1. The van der Waals surface area contributed by atoms with Crippen LogP contribution in [0.5, 0.6) is 0 Å². The van der Waals surface area contributed by atoms with E-state index >= 15 is 0 Å². The second kappa shape index (κ2) is 10.4. The van der Waals surface area contributed by atoms with Gasteiger partial charge >= 0.3 is 0 Å². The molecule has 0 spiro atoms. The van der Waals surface area contributed by atoms with E-state index in [2.05, 4.69) is 77.7 Å². The van der Waals surface area contributed by atoms with E-state index in [0.717, 1.165) is 55.3 Å². The number of anilines is 1. The Bertz CT molecular complexity index is 1480. The number of nitrogens with zero attached hydrogens (tertiary/aromatic N) is 6. The quantitative estimate of drug-likeness (QED) is 0.285. The maximum Gasteiger partial charge on any atom is 0.167 e. The van der Waals surface area contributed by atoms with Gasteiger partial charge in [-0.15, -0.1) is 0 Å². The highest BCUT2D eigenvalue weighted by atomic mass is 16.5. The molecule has 4 heterocycles. The van der Waals surface area contributed by atoms with Crippen LogP contribution >= 0.6 is 0 Å². The van der Waals surface area contributed by atoms with Gasteiger partial charge in [-0.25, -0.2) is 19.9 Å². The fraction of sp³-hybridized carbons (Fsp3) is 0.600. The Labute approximate surface area is 235 Å². The smallest absolute Gasteiger partial charge is 0.167 e. The SMILES string of the molecule is CC(C)N(CC1CCC(n2cnc3c(N)ncnc32)O1)C1CC(CC(O)c2nc3ccc(C(C)(C)C)cc3[nH]2)C1. The number of aromatic nitrogens is 6. The molecular formula is C30H42N8O2. The van der Waals surface area contributed by atoms with E-state index < -0.39 is 6.10 Å². The summed E-state index contributed by atoms with van der Waals surface area (Å²) in [7, 11) is 0. The first-order valence-corrected chi connectivity index (χ1v) is 14.6. The molecule has 0 amide bonds. The first-order valence-electron chi connectivity index (χ1n) is 14.6. The molecule has 1 saturated carbocycles. The Morgan fingerprint density at radius 1 is 1.18 bits per heavy atom. The number of rotatable bonds is 8. The number of nitrogens with two attached hydrogens (primary N) is 1. The van der Waals surface area contributed by atoms with Gasteiger partial charge in [0.25, 0.3) is 0 Å². The molecule has 2 fully saturated rings. The van der Waals surface area contributed by atoms with Gasteiger partial charge in [-0.3, -0.25) is 9.47 Å². The summed E-state index contributed by atoms with van der Waals surface area (Å²) in [5.41, 5.74) is 10.5. The lowest BCUT2D eigenvalue weighted by Gasteiger charge is -2.46. The van der Waals surface area contributed by atoms with Crippen molar-refractivity contribution in [3.63, 3.8) is 0 Å². The standard InChI is InChI=1S/C30H42N8O2/c1-17(2)37(14-21-7-9-25(40-21)38-16-34-26-27(31)32-15-33-29(26)38)20-10-18(11-20)12-24(39)28-35-22-8-6-19(30(3,4)5)13-23(22)36-28/h6,8,13,15-18,20-21,24-25,39H,7,9-12,14H2,1-5H3,(H,35,36)(H2,31,32,33). The van der Waals surface area contributed by atoms with Gasteiger partial charge in [-0.2, -0.15) is 0 Å². The van der Waals surface area contributed by atoms with E-state index in [4.69, 9.17) is 15.5 Å². The molecule has 3 aromatic heterocycles. The minimum absolute atomic E-state index is 0.0725. The Kier molecular flexibility index (Phi) is 7.04. The number of nitrogens with one attached hydrogen (secondary N) is 1. The van der Waals surface area contributed by atoms with Crippen LogP contribution in [0.15, 0.2) is 30.9 Å². The fourth-order valence-corrected chi connectivity index (χ4v) is 6.37. The summed E-state index contributed by atoms with van der Waals surface area (Å²) in [5, 5.41) is 11.0. The van der Waals surface area contributed by atoms with Crippen LogP contribution in [0.25, 0.3) is 22.2 Å². The fourth-order valence-electron chi connectivity index (χ4n) is 6.37. The molecule has 0 radical (unpaired) electrons. The zero-order valence-corrected chi connectivity index (χ0v) is 24.2. The van der Waals surface area contributed by atoms with Crippen LogP contribution in [-0.4, -0.2) is 64.2 Å². The van der Waals surface area contributed by atoms with Crippen LogP contribution in [0.4, 0.5) is 5.82 Å². The molecule has 3 atom stereocenters. The second-order valence-corrected chi connectivity index (χ2v) is 13.0. The van der Waals surface area contributed by atoms with Gasteiger partial charge in [0, 0.05) is 18.6 Å². The lowest BCUT2D eigenvalue weighted by atomic mass is 9.75. The van der Waals surface area contributed by atoms with E-state index in [1.807, 2.05) is 4.57 Å². The number of fused-ring (bicyclic) bond motifs is 2. The van der Waals surface area contributed by atoms with Crippen LogP contribution in [0.3, 0.4) is 0 Å². The van der Waals surface area contributed by atoms with Crippen molar-refractivity contribution in [2.75, 3.05) is 12.3 Å². The Balaban J connectivity index is 1.04. The monoisotopic (exact) mass is 546 g/mol. The number of hydrogen-bond donors (Lipinski definition) is 3. The van der Waals surface area contributed by atoms with E-state index in [0.29, 0.717) is 35.2 Å². The van der Waals surface area contributed by atoms with Gasteiger partial charge in [0.1, 0.15) is 30.0 Å². The first-order chi connectivity index (χ1) is 19.1. The lowest BCUT2D eigenvalue weighted by molar-refractivity contribution is -0.0429. The van der Waals surface area contributed by atoms with Crippen molar-refractivity contribution in [2.45, 2.75) is 103 Å². The molecule has 1 aromatic carbocycles. The number of ether oxygens (including phenoxy) is 1. The molecule has 3 unspecified atom stereocenters. The summed E-state index contributed by atoms with van der Waals surface area (Å²) in [6, 6.07) is 7.27. The van der Waals surface area contributed by atoms with E-state index in [1.165, 1.54) is 11.9 Å². The van der Waals surface area contributed by atoms with Crippen LogP contribution < -0.4 is 5.73 Å². The summed E-state index contributed by atoms with van der Waals surface area (Å²) in [6.45, 7) is 12.0. The molecule has 214 valence electrons. The number of imidazole rings is 2. The van der Waals surface area contributed by atoms with Crippen molar-refractivity contribution in [2.24, 2.45) is 5.92 Å². The molecule has 1 saturated heterocycles. The van der Waals surface area contributed by atoms with Gasteiger partial charge in [0.15, 0.2) is 11.5 Å². The zero-order chi connectivity index (χ0) is 28.2. The maximum atomic E-state index is 11.0. The molecule has 10 heteroatoms. The number of aliphatic hydroxyl groups is 1. The van der Waals surface area contributed by atoms with Crippen molar-refractivity contribution in [3.05, 3.63) is 42.2 Å². The summed E-state index contributed by atoms with van der Waals surface area (Å²) >= 11 is 0. The molecule has 0 bridgehead atoms. The van der Waals surface area contributed by atoms with E-state index in [9.17, 15) is 5.11 Å². The largest absolute Gasteiger partial charge is 0.385 e. The Morgan fingerprint density at radius 2 is 1.98 bits per heavy atom. The highest BCUT2D eigenvalue weighted by Crippen LogP contribution is 2.40. The van der Waals surface area contributed by atoms with Crippen molar-refractivity contribution < 1.29 is 9.84 Å². The normalized spacial score (nSPS) is 24.4. The van der Waals surface area contributed by atoms with Gasteiger partial charge in [0.2, 0.25) is 0 Å². The number of nitrogen functional groups attached to an aromatic ring is 1. The predicted molar refractivity (Wildman–Crippen MR) is 156 cm³/mol. The van der Waals surface area contributed by atoms with Crippen LogP contribution in [-0.2, 0) is 10.2 Å². The summed E-state index contributed by atoms with van der Waals surface area (Å²) in [6.07, 6.45) is 7.53. The molecule has 1 aliphatic heterocycles. The predicted octanol–water partition coefficient (Wildman–Crippen LogP) is 4.87. The zero-order valence-electron chi connectivity index (χ0n) is 24.2. The third kappa shape index (κ3) is 5.20. The Morgan fingerprint density at radius 3 is 2.73 bits per heavy atom. The van der Waals surface area contributed by atoms with Gasteiger partial charge in [-0.05, 0) is 75.0 Å². The van der Waals surface area contributed by atoms with Gasteiger partial charge in [0.05, 0.1) is 23.5 Å². The summed E-state index contributed by atoms with van der Waals surface area (Å²) in [5.74, 6) is 1.55. The molecule has 4 aromatic rings. The molecular weight excluding hydrogens is 504 g/mol. The third-order valence-corrected chi connectivity index (χ3v) is 8.78. The number of benzene rings is 1. The van der Waals surface area contributed by atoms with Crippen LogP contribution in [0.1, 0.15) is 90.4 Å². The number of H-pyrrole nitrogens is 1. The lowest BCUT2D eigenvalue weighted by Crippen LogP contribution is -2.51. The highest BCUT2D eigenvalue weighted by Gasteiger charge is 2.39. The third-order valence-electron chi connectivity index (χ3n) is 8.78. The molecule has 6 rings (SSSR count). The second-order valence-electron chi connectivity index (χ2n) is 13.0.